The van der Waals surface area contributed by atoms with Crippen molar-refractivity contribution < 1.29 is 17.7 Å². The van der Waals surface area contributed by atoms with E-state index < -0.39 is 7.54 Å². The highest BCUT2D eigenvalue weighted by Crippen LogP contribution is 2.35. The molecular formula is C12H24BF3O. The van der Waals surface area contributed by atoms with Gasteiger partial charge < -0.3 is 4.74 Å². The third kappa shape index (κ3) is 7.69. The molecule has 1 saturated carbocycles. The Kier molecular flexibility index (Phi) is 8.74. The summed E-state index contributed by atoms with van der Waals surface area (Å²) in [6.07, 6.45) is 4.57. The number of hydrogen-bond acceptors (Lipinski definition) is 1. The number of rotatable bonds is 3. The van der Waals surface area contributed by atoms with Crippen LogP contribution in [0.4, 0.5) is 12.9 Å². The zero-order valence-corrected chi connectivity index (χ0v) is 11.3. The second-order valence-corrected chi connectivity index (χ2v) is 5.07. The highest BCUT2D eigenvalue weighted by molar-refractivity contribution is 6.33. The maximum Gasteiger partial charge on any atom is 0.762 e. The van der Waals surface area contributed by atoms with E-state index >= 15 is 0 Å². The Bertz CT molecular complexity index is 188. The third-order valence-electron chi connectivity index (χ3n) is 3.34. The molecule has 0 aromatic carbocycles. The number of ether oxygens (including phenoxy) is 1. The Morgan fingerprint density at radius 3 is 2.18 bits per heavy atom. The molecule has 17 heavy (non-hydrogen) atoms. The first-order valence-electron chi connectivity index (χ1n) is 6.42. The van der Waals surface area contributed by atoms with Crippen LogP contribution in [0.3, 0.4) is 0 Å². The lowest BCUT2D eigenvalue weighted by atomic mass is 9.75. The van der Waals surface area contributed by atoms with E-state index in [1.165, 1.54) is 19.3 Å². The summed E-state index contributed by atoms with van der Waals surface area (Å²) in [6.45, 7) is 9.99. The molecule has 3 atom stereocenters. The van der Waals surface area contributed by atoms with Crippen molar-refractivity contribution >= 4 is 7.54 Å². The molecule has 0 spiro atoms. The smallest absolute Gasteiger partial charge is 0.378 e. The van der Waals surface area contributed by atoms with E-state index in [0.717, 1.165) is 24.4 Å². The molecule has 0 aromatic rings. The van der Waals surface area contributed by atoms with Gasteiger partial charge in [0.1, 0.15) is 0 Å². The first-order valence-corrected chi connectivity index (χ1v) is 6.42. The van der Waals surface area contributed by atoms with Crippen LogP contribution >= 0.6 is 0 Å². The Balaban J connectivity index is 0.000000557. The summed E-state index contributed by atoms with van der Waals surface area (Å²) in [6, 6.07) is 0. The van der Waals surface area contributed by atoms with Crippen molar-refractivity contribution in [1.82, 2.24) is 0 Å². The summed E-state index contributed by atoms with van der Waals surface area (Å²) in [5.41, 5.74) is 0. The summed E-state index contributed by atoms with van der Waals surface area (Å²) >= 11 is 0. The minimum atomic E-state index is -3.67. The maximum atomic E-state index is 9.67. The van der Waals surface area contributed by atoms with E-state index in [2.05, 4.69) is 27.7 Å². The van der Waals surface area contributed by atoms with Crippen LogP contribution in [0.5, 0.6) is 0 Å². The molecule has 0 bridgehead atoms. The number of halogens is 3. The lowest BCUT2D eigenvalue weighted by Gasteiger charge is -2.36. The average Bonchev–Trinajstić information content (AvgIpc) is 2.16. The van der Waals surface area contributed by atoms with Gasteiger partial charge in [-0.25, -0.2) is 0 Å². The first kappa shape index (κ1) is 16.8. The van der Waals surface area contributed by atoms with Crippen molar-refractivity contribution in [2.24, 2.45) is 17.8 Å². The fraction of sp³-hybridized carbons (Fsp3) is 1.00. The van der Waals surface area contributed by atoms with E-state index in [9.17, 15) is 12.9 Å². The van der Waals surface area contributed by atoms with Gasteiger partial charge in [0, 0.05) is 6.61 Å². The molecule has 5 heteroatoms. The van der Waals surface area contributed by atoms with Crippen LogP contribution in [-0.2, 0) is 4.74 Å². The monoisotopic (exact) mass is 252 g/mol. The van der Waals surface area contributed by atoms with Crippen LogP contribution < -0.4 is 0 Å². The van der Waals surface area contributed by atoms with E-state index in [1.54, 1.807) is 0 Å². The van der Waals surface area contributed by atoms with Gasteiger partial charge >= 0.3 is 7.54 Å². The van der Waals surface area contributed by atoms with E-state index in [4.69, 9.17) is 4.74 Å². The molecule has 1 fully saturated rings. The standard InChI is InChI=1S/C12H24O.BF3/c1-5-13-12-8-10(4)6-7-11(12)9(2)3;2-1(3)4/h9-12H,5-8H2,1-4H3;/t10-,11+,12-;/m1./s1. The molecule has 102 valence electrons. The first-order chi connectivity index (χ1) is 7.88. The lowest BCUT2D eigenvalue weighted by Crippen LogP contribution is -2.34. The predicted molar refractivity (Wildman–Crippen MR) is 65.8 cm³/mol. The van der Waals surface area contributed by atoms with E-state index in [1.807, 2.05) is 0 Å². The third-order valence-corrected chi connectivity index (χ3v) is 3.34. The fourth-order valence-electron chi connectivity index (χ4n) is 2.52. The molecule has 0 aliphatic heterocycles. The molecule has 1 aliphatic rings. The summed E-state index contributed by atoms with van der Waals surface area (Å²) in [5.74, 6) is 2.45. The van der Waals surface area contributed by atoms with Crippen molar-refractivity contribution in [2.45, 2.75) is 53.1 Å². The van der Waals surface area contributed by atoms with Crippen LogP contribution in [0.1, 0.15) is 47.0 Å². The molecule has 0 radical (unpaired) electrons. The Morgan fingerprint density at radius 2 is 1.76 bits per heavy atom. The Labute approximate surface area is 103 Å². The van der Waals surface area contributed by atoms with Gasteiger partial charge in [-0.1, -0.05) is 27.2 Å². The Hall–Kier alpha value is -0.185. The van der Waals surface area contributed by atoms with Crippen LogP contribution in [0, 0.1) is 17.8 Å². The highest BCUT2D eigenvalue weighted by atomic mass is 19.4. The highest BCUT2D eigenvalue weighted by Gasteiger charge is 2.30. The van der Waals surface area contributed by atoms with Gasteiger partial charge in [-0.05, 0) is 37.5 Å². The molecule has 0 aromatic heterocycles. The number of hydrogen-bond donors (Lipinski definition) is 0. The average molecular weight is 252 g/mol. The summed E-state index contributed by atoms with van der Waals surface area (Å²) < 4.78 is 34.8. The van der Waals surface area contributed by atoms with Crippen LogP contribution in [-0.4, -0.2) is 20.3 Å². The van der Waals surface area contributed by atoms with Crippen LogP contribution in [0.2, 0.25) is 0 Å². The molecule has 1 nitrogen and oxygen atoms in total. The fourth-order valence-corrected chi connectivity index (χ4v) is 2.52. The maximum absolute atomic E-state index is 9.67. The molecule has 0 amide bonds. The molecule has 0 unspecified atom stereocenters. The van der Waals surface area contributed by atoms with Gasteiger partial charge in [-0.2, -0.15) is 0 Å². The summed E-state index contributed by atoms with van der Waals surface area (Å²) in [4.78, 5) is 0. The second kappa shape index (κ2) is 8.84. The zero-order chi connectivity index (χ0) is 13.4. The van der Waals surface area contributed by atoms with E-state index in [0.29, 0.717) is 6.10 Å². The normalized spacial score (nSPS) is 28.6. The second-order valence-electron chi connectivity index (χ2n) is 5.07. The van der Waals surface area contributed by atoms with Crippen molar-refractivity contribution in [3.63, 3.8) is 0 Å². The van der Waals surface area contributed by atoms with Gasteiger partial charge in [0.15, 0.2) is 0 Å². The molecular weight excluding hydrogens is 228 g/mol. The molecule has 1 rings (SSSR count). The van der Waals surface area contributed by atoms with Gasteiger partial charge in [0.25, 0.3) is 0 Å². The molecule has 0 N–H and O–H groups in total. The van der Waals surface area contributed by atoms with Gasteiger partial charge in [-0.3, -0.25) is 12.9 Å². The summed E-state index contributed by atoms with van der Waals surface area (Å²) in [7, 11) is -3.67. The lowest BCUT2D eigenvalue weighted by molar-refractivity contribution is -0.0327. The van der Waals surface area contributed by atoms with Gasteiger partial charge in [0.05, 0.1) is 6.10 Å². The van der Waals surface area contributed by atoms with Crippen LogP contribution in [0.25, 0.3) is 0 Å². The van der Waals surface area contributed by atoms with E-state index in [-0.39, 0.29) is 0 Å². The largest absolute Gasteiger partial charge is 0.762 e. The quantitative estimate of drug-likeness (QED) is 0.678. The predicted octanol–water partition coefficient (Wildman–Crippen LogP) is 4.36. The van der Waals surface area contributed by atoms with Crippen molar-refractivity contribution in [2.75, 3.05) is 6.61 Å². The summed E-state index contributed by atoms with van der Waals surface area (Å²) in [5, 5.41) is 0. The van der Waals surface area contributed by atoms with Crippen molar-refractivity contribution in [3.8, 4) is 0 Å². The van der Waals surface area contributed by atoms with Gasteiger partial charge in [-0.15, -0.1) is 0 Å². The van der Waals surface area contributed by atoms with Crippen molar-refractivity contribution in [1.29, 1.82) is 0 Å². The van der Waals surface area contributed by atoms with Crippen molar-refractivity contribution in [3.05, 3.63) is 0 Å². The van der Waals surface area contributed by atoms with Gasteiger partial charge in [0.2, 0.25) is 0 Å². The zero-order valence-electron chi connectivity index (χ0n) is 11.3. The molecule has 1 aliphatic carbocycles. The minimum Gasteiger partial charge on any atom is -0.378 e. The molecule has 0 saturated heterocycles. The minimum absolute atomic E-state index is 0.536. The van der Waals surface area contributed by atoms with Crippen LogP contribution in [0.15, 0.2) is 0 Å². The SMILES string of the molecule is CCO[C@@H]1C[C@H](C)CC[C@H]1C(C)C.FB(F)F. The molecule has 0 heterocycles. The Morgan fingerprint density at radius 1 is 1.24 bits per heavy atom. The topological polar surface area (TPSA) is 9.23 Å².